The average molecular weight is 803 g/mol. The molecule has 1 aliphatic rings. The zero-order chi connectivity index (χ0) is 41.8. The van der Waals surface area contributed by atoms with E-state index in [1.165, 1.54) is 121 Å². The molecule has 2 aromatic heterocycles. The Morgan fingerprint density at radius 3 is 1.57 bits per heavy atom. The summed E-state index contributed by atoms with van der Waals surface area (Å²) in [5, 5.41) is 7.52. The summed E-state index contributed by atoms with van der Waals surface area (Å²) in [6, 6.07) is 80.9. The molecule has 0 atom stereocenters. The fraction of sp³-hybridized carbons (Fsp3) is 0.0492. The molecule has 0 saturated carbocycles. The van der Waals surface area contributed by atoms with E-state index in [4.69, 9.17) is 0 Å². The van der Waals surface area contributed by atoms with Crippen molar-refractivity contribution in [2.45, 2.75) is 19.3 Å². The van der Waals surface area contributed by atoms with Crippen molar-refractivity contribution in [1.82, 2.24) is 9.13 Å². The molecule has 2 nitrogen and oxygen atoms in total. The molecule has 0 spiro atoms. The highest BCUT2D eigenvalue weighted by Gasteiger charge is 2.35. The Hall–Kier alpha value is -7.94. The Morgan fingerprint density at radius 2 is 0.778 bits per heavy atom. The van der Waals surface area contributed by atoms with Crippen LogP contribution in [0.2, 0.25) is 0 Å². The smallest absolute Gasteiger partial charge is 0.0547 e. The summed E-state index contributed by atoms with van der Waals surface area (Å²) < 4.78 is 4.88. The summed E-state index contributed by atoms with van der Waals surface area (Å²) in [6.45, 7) is 4.72. The van der Waals surface area contributed by atoms with Gasteiger partial charge in [0, 0.05) is 38.3 Å². The topological polar surface area (TPSA) is 9.86 Å². The number of fused-ring (bicyclic) bond motifs is 10. The molecule has 0 bridgehead atoms. The van der Waals surface area contributed by atoms with Gasteiger partial charge in [0.05, 0.1) is 22.1 Å². The second kappa shape index (κ2) is 13.5. The molecule has 2 heterocycles. The molecule has 1 aliphatic carbocycles. The van der Waals surface area contributed by atoms with Crippen molar-refractivity contribution in [3.63, 3.8) is 0 Å². The molecule has 0 saturated heterocycles. The number of benzene rings is 10. The fourth-order valence-corrected chi connectivity index (χ4v) is 10.7. The highest BCUT2D eigenvalue weighted by atomic mass is 15.0. The summed E-state index contributed by atoms with van der Waals surface area (Å²) in [7, 11) is 0. The molecule has 0 N–H and O–H groups in total. The SMILES string of the molecule is CC1(C)c2ccccc2-c2ccc(-n3c4ccccc4c4ccc(-c5ccc(-c6ccc7c(c6)c6ccccc6n7-c6ccc7cc(-c8ccccc8)ccc7c6)cc5)cc43)cc21. The van der Waals surface area contributed by atoms with Crippen LogP contribution in [0.1, 0.15) is 25.0 Å². The van der Waals surface area contributed by atoms with Gasteiger partial charge < -0.3 is 9.13 Å². The second-order valence-corrected chi connectivity index (χ2v) is 17.8. The lowest BCUT2D eigenvalue weighted by Crippen LogP contribution is -2.15. The third kappa shape index (κ3) is 5.44. The maximum atomic E-state index is 2.47. The van der Waals surface area contributed by atoms with Crippen molar-refractivity contribution in [3.05, 3.63) is 230 Å². The summed E-state index contributed by atoms with van der Waals surface area (Å²) in [4.78, 5) is 0. The third-order valence-corrected chi connectivity index (χ3v) is 13.9. The monoisotopic (exact) mass is 802 g/mol. The Labute approximate surface area is 366 Å². The molecular weight excluding hydrogens is 761 g/mol. The molecular formula is C61H42N2. The molecule has 0 unspecified atom stereocenters. The van der Waals surface area contributed by atoms with E-state index in [1.54, 1.807) is 0 Å². The van der Waals surface area contributed by atoms with Crippen LogP contribution in [-0.4, -0.2) is 9.13 Å². The van der Waals surface area contributed by atoms with Gasteiger partial charge in [-0.1, -0.05) is 172 Å². The highest BCUT2D eigenvalue weighted by molar-refractivity contribution is 6.12. The van der Waals surface area contributed by atoms with Gasteiger partial charge >= 0.3 is 0 Å². The Kier molecular flexibility index (Phi) is 7.68. The second-order valence-electron chi connectivity index (χ2n) is 17.8. The van der Waals surface area contributed by atoms with Gasteiger partial charge in [0.15, 0.2) is 0 Å². The first-order valence-electron chi connectivity index (χ1n) is 22.0. The minimum Gasteiger partial charge on any atom is -0.309 e. The van der Waals surface area contributed by atoms with Crippen LogP contribution in [0.4, 0.5) is 0 Å². The first kappa shape index (κ1) is 35.8. The highest BCUT2D eigenvalue weighted by Crippen LogP contribution is 2.49. The zero-order valence-electron chi connectivity index (χ0n) is 35.2. The minimum atomic E-state index is -0.0688. The maximum absolute atomic E-state index is 2.47. The van der Waals surface area contributed by atoms with E-state index in [0.29, 0.717) is 0 Å². The zero-order valence-corrected chi connectivity index (χ0v) is 35.2. The molecule has 0 aliphatic heterocycles. The summed E-state index contributed by atoms with van der Waals surface area (Å²) in [6.07, 6.45) is 0. The van der Waals surface area contributed by atoms with Gasteiger partial charge in [0.2, 0.25) is 0 Å². The normalized spacial score (nSPS) is 13.0. The van der Waals surface area contributed by atoms with E-state index in [2.05, 4.69) is 241 Å². The molecule has 12 aromatic rings. The first-order valence-corrected chi connectivity index (χ1v) is 22.0. The van der Waals surface area contributed by atoms with Crippen LogP contribution in [0.15, 0.2) is 218 Å². The van der Waals surface area contributed by atoms with Crippen LogP contribution >= 0.6 is 0 Å². The van der Waals surface area contributed by atoms with E-state index in [-0.39, 0.29) is 5.41 Å². The van der Waals surface area contributed by atoms with Crippen molar-refractivity contribution in [2.75, 3.05) is 0 Å². The standard InChI is InChI=1S/C61H42N2/c1-61(2)55-17-9-6-14-49(55)50-32-30-48(38-56(50)61)63-57-18-10-7-15-51(57)53-31-27-46(37-60(53)63)41-22-20-40(21-23-41)45-28-33-59-54(36-45)52-16-8-11-19-58(52)62(59)47-29-26-43-34-42(24-25-44(43)35-47)39-12-4-3-5-13-39/h3-38H,1-2H3. The van der Waals surface area contributed by atoms with Crippen molar-refractivity contribution < 1.29 is 0 Å². The summed E-state index contributed by atoms with van der Waals surface area (Å²) >= 11 is 0. The van der Waals surface area contributed by atoms with Crippen LogP contribution in [0, 0.1) is 0 Å². The Balaban J connectivity index is 0.866. The Bertz CT molecular complexity index is 3800. The molecule has 0 fully saturated rings. The predicted molar refractivity (Wildman–Crippen MR) is 266 cm³/mol. The van der Waals surface area contributed by atoms with Gasteiger partial charge in [-0.15, -0.1) is 0 Å². The van der Waals surface area contributed by atoms with Crippen LogP contribution in [0.5, 0.6) is 0 Å². The van der Waals surface area contributed by atoms with Crippen LogP contribution in [0.3, 0.4) is 0 Å². The van der Waals surface area contributed by atoms with E-state index >= 15 is 0 Å². The lowest BCUT2D eigenvalue weighted by molar-refractivity contribution is 0.660. The molecule has 296 valence electrons. The third-order valence-electron chi connectivity index (χ3n) is 13.9. The molecule has 0 radical (unpaired) electrons. The number of rotatable bonds is 5. The quantitative estimate of drug-likeness (QED) is 0.164. The number of nitrogens with zero attached hydrogens (tertiary/aromatic N) is 2. The number of hydrogen-bond acceptors (Lipinski definition) is 0. The molecule has 2 heteroatoms. The van der Waals surface area contributed by atoms with Gasteiger partial charge in [-0.3, -0.25) is 0 Å². The molecule has 13 rings (SSSR count). The van der Waals surface area contributed by atoms with Gasteiger partial charge in [-0.25, -0.2) is 0 Å². The van der Waals surface area contributed by atoms with Gasteiger partial charge in [0.1, 0.15) is 0 Å². The van der Waals surface area contributed by atoms with Gasteiger partial charge in [0.25, 0.3) is 0 Å². The van der Waals surface area contributed by atoms with Gasteiger partial charge in [-0.05, 0) is 127 Å². The maximum Gasteiger partial charge on any atom is 0.0547 e. The average Bonchev–Trinajstić information content (AvgIpc) is 3.93. The van der Waals surface area contributed by atoms with E-state index in [1.807, 2.05) is 0 Å². The van der Waals surface area contributed by atoms with Crippen LogP contribution in [0.25, 0.3) is 110 Å². The van der Waals surface area contributed by atoms with E-state index < -0.39 is 0 Å². The van der Waals surface area contributed by atoms with Gasteiger partial charge in [-0.2, -0.15) is 0 Å². The summed E-state index contributed by atoms with van der Waals surface area (Å²) in [5.74, 6) is 0. The first-order chi connectivity index (χ1) is 31.0. The lowest BCUT2D eigenvalue weighted by Gasteiger charge is -2.22. The minimum absolute atomic E-state index is 0.0688. The summed E-state index contributed by atoms with van der Waals surface area (Å²) in [5.41, 5.74) is 19.9. The fourth-order valence-electron chi connectivity index (χ4n) is 10.7. The van der Waals surface area contributed by atoms with E-state index in [0.717, 1.165) is 0 Å². The number of hydrogen-bond donors (Lipinski definition) is 0. The molecule has 63 heavy (non-hydrogen) atoms. The number of aromatic nitrogens is 2. The van der Waals surface area contributed by atoms with Crippen molar-refractivity contribution in [3.8, 4) is 55.9 Å². The van der Waals surface area contributed by atoms with Crippen LogP contribution < -0.4 is 0 Å². The Morgan fingerprint density at radius 1 is 0.286 bits per heavy atom. The van der Waals surface area contributed by atoms with E-state index in [9.17, 15) is 0 Å². The predicted octanol–water partition coefficient (Wildman–Crippen LogP) is 16.3. The van der Waals surface area contributed by atoms with Crippen molar-refractivity contribution >= 4 is 54.4 Å². The molecule has 0 amide bonds. The number of para-hydroxylation sites is 2. The lowest BCUT2D eigenvalue weighted by atomic mass is 9.82. The van der Waals surface area contributed by atoms with Crippen molar-refractivity contribution in [2.24, 2.45) is 0 Å². The molecule has 10 aromatic carbocycles. The van der Waals surface area contributed by atoms with Crippen molar-refractivity contribution in [1.29, 1.82) is 0 Å². The van der Waals surface area contributed by atoms with Crippen LogP contribution in [-0.2, 0) is 5.41 Å². The largest absolute Gasteiger partial charge is 0.309 e.